The second-order valence-electron chi connectivity index (χ2n) is 2.58. The van der Waals surface area contributed by atoms with Gasteiger partial charge in [0, 0.05) is 18.3 Å². The lowest BCUT2D eigenvalue weighted by Gasteiger charge is -1.93. The zero-order chi connectivity index (χ0) is 8.97. The molecular formula is C9H12N2O. The Balaban J connectivity index is 2.97. The third-order valence-corrected chi connectivity index (χ3v) is 1.56. The fraction of sp³-hybridized carbons (Fsp3) is 0.222. The first-order valence-corrected chi connectivity index (χ1v) is 3.80. The number of aryl methyl sites for hydroxylation is 1. The van der Waals surface area contributed by atoms with Crippen molar-refractivity contribution in [3.63, 3.8) is 0 Å². The van der Waals surface area contributed by atoms with E-state index in [4.69, 9.17) is 5.73 Å². The summed E-state index contributed by atoms with van der Waals surface area (Å²) in [7, 11) is 0. The molecule has 1 rings (SSSR count). The third-order valence-electron chi connectivity index (χ3n) is 1.56. The van der Waals surface area contributed by atoms with Crippen LogP contribution in [0.1, 0.15) is 11.1 Å². The molecule has 0 spiro atoms. The molecule has 1 aromatic heterocycles. The Bertz CT molecular complexity index is 339. The quantitative estimate of drug-likeness (QED) is 0.674. The molecule has 12 heavy (non-hydrogen) atoms. The van der Waals surface area contributed by atoms with Gasteiger partial charge in [0.2, 0.25) is 0 Å². The van der Waals surface area contributed by atoms with Crippen molar-refractivity contribution in [3.8, 4) is 0 Å². The van der Waals surface area contributed by atoms with Gasteiger partial charge in [-0.1, -0.05) is 12.2 Å². The van der Waals surface area contributed by atoms with E-state index in [1.54, 1.807) is 13.1 Å². The highest BCUT2D eigenvalue weighted by molar-refractivity contribution is 5.48. The number of hydrogen-bond donors (Lipinski definition) is 2. The van der Waals surface area contributed by atoms with Crippen molar-refractivity contribution in [2.24, 2.45) is 5.73 Å². The van der Waals surface area contributed by atoms with Gasteiger partial charge in [-0.15, -0.1) is 0 Å². The van der Waals surface area contributed by atoms with Gasteiger partial charge in [-0.3, -0.25) is 4.79 Å². The summed E-state index contributed by atoms with van der Waals surface area (Å²) in [4.78, 5) is 13.6. The van der Waals surface area contributed by atoms with E-state index in [0.29, 0.717) is 12.1 Å². The Hall–Kier alpha value is -1.35. The number of rotatable bonds is 2. The molecule has 0 amide bonds. The summed E-state index contributed by atoms with van der Waals surface area (Å²) in [6.07, 6.45) is 5.39. The zero-order valence-corrected chi connectivity index (χ0v) is 7.00. The molecule has 0 bridgehead atoms. The Kier molecular flexibility index (Phi) is 2.82. The van der Waals surface area contributed by atoms with Crippen LogP contribution in [-0.4, -0.2) is 11.5 Å². The van der Waals surface area contributed by atoms with Gasteiger partial charge >= 0.3 is 0 Å². The van der Waals surface area contributed by atoms with Crippen LogP contribution in [0.3, 0.4) is 0 Å². The lowest BCUT2D eigenvalue weighted by molar-refractivity contribution is 1.17. The molecule has 0 aliphatic rings. The van der Waals surface area contributed by atoms with Crippen molar-refractivity contribution in [3.05, 3.63) is 39.8 Å². The molecule has 0 unspecified atom stereocenters. The lowest BCUT2D eigenvalue weighted by atomic mass is 10.2. The van der Waals surface area contributed by atoms with Crippen LogP contribution in [0.15, 0.2) is 23.1 Å². The number of aromatic nitrogens is 1. The first-order valence-electron chi connectivity index (χ1n) is 3.80. The molecule has 0 saturated heterocycles. The Morgan fingerprint density at radius 2 is 2.42 bits per heavy atom. The van der Waals surface area contributed by atoms with Gasteiger partial charge in [-0.05, 0) is 18.6 Å². The van der Waals surface area contributed by atoms with Crippen molar-refractivity contribution in [1.82, 2.24) is 4.98 Å². The smallest absolute Gasteiger partial charge is 0.250 e. The molecule has 1 aromatic rings. The summed E-state index contributed by atoms with van der Waals surface area (Å²) in [5.74, 6) is 0. The van der Waals surface area contributed by atoms with Crippen molar-refractivity contribution >= 4 is 6.08 Å². The second-order valence-corrected chi connectivity index (χ2v) is 2.58. The minimum atomic E-state index is -0.0418. The summed E-state index contributed by atoms with van der Waals surface area (Å²) in [5, 5.41) is 0. The zero-order valence-electron chi connectivity index (χ0n) is 7.00. The van der Waals surface area contributed by atoms with E-state index >= 15 is 0 Å². The Morgan fingerprint density at radius 3 is 3.00 bits per heavy atom. The largest absolute Gasteiger partial charge is 0.328 e. The van der Waals surface area contributed by atoms with Gasteiger partial charge in [0.15, 0.2) is 0 Å². The highest BCUT2D eigenvalue weighted by atomic mass is 16.1. The fourth-order valence-corrected chi connectivity index (χ4v) is 0.920. The normalized spacial score (nSPS) is 10.8. The van der Waals surface area contributed by atoms with Crippen molar-refractivity contribution in [2.45, 2.75) is 6.92 Å². The van der Waals surface area contributed by atoms with E-state index in [9.17, 15) is 4.79 Å². The van der Waals surface area contributed by atoms with Gasteiger partial charge in [-0.25, -0.2) is 0 Å². The van der Waals surface area contributed by atoms with Crippen molar-refractivity contribution in [1.29, 1.82) is 0 Å². The Morgan fingerprint density at radius 1 is 1.67 bits per heavy atom. The number of aromatic amines is 1. The SMILES string of the molecule is Cc1cc(C=CCN)c[nH]c1=O. The molecule has 0 aliphatic carbocycles. The van der Waals surface area contributed by atoms with E-state index in [2.05, 4.69) is 4.98 Å². The van der Waals surface area contributed by atoms with Gasteiger partial charge < -0.3 is 10.7 Å². The van der Waals surface area contributed by atoms with Gasteiger partial charge in [0.25, 0.3) is 5.56 Å². The summed E-state index contributed by atoms with van der Waals surface area (Å²) in [6.45, 7) is 2.29. The number of nitrogens with two attached hydrogens (primary N) is 1. The van der Waals surface area contributed by atoms with Gasteiger partial charge in [-0.2, -0.15) is 0 Å². The average molecular weight is 164 g/mol. The van der Waals surface area contributed by atoms with E-state index in [0.717, 1.165) is 5.56 Å². The van der Waals surface area contributed by atoms with E-state index in [1.165, 1.54) is 0 Å². The molecule has 3 nitrogen and oxygen atoms in total. The summed E-state index contributed by atoms with van der Waals surface area (Å²) < 4.78 is 0. The molecule has 64 valence electrons. The first-order chi connectivity index (χ1) is 5.74. The molecule has 3 N–H and O–H groups in total. The van der Waals surface area contributed by atoms with E-state index in [-0.39, 0.29) is 5.56 Å². The van der Waals surface area contributed by atoms with Crippen LogP contribution in [0.4, 0.5) is 0 Å². The summed E-state index contributed by atoms with van der Waals surface area (Å²) >= 11 is 0. The Labute approximate surface area is 70.9 Å². The maximum Gasteiger partial charge on any atom is 0.250 e. The molecule has 0 fully saturated rings. The van der Waals surface area contributed by atoms with Crippen LogP contribution < -0.4 is 11.3 Å². The minimum Gasteiger partial charge on any atom is -0.328 e. The molecular weight excluding hydrogens is 152 g/mol. The van der Waals surface area contributed by atoms with Gasteiger partial charge in [0.05, 0.1) is 0 Å². The molecule has 0 aliphatic heterocycles. The molecule has 0 radical (unpaired) electrons. The maximum absolute atomic E-state index is 10.9. The van der Waals surface area contributed by atoms with Crippen LogP contribution in [0.5, 0.6) is 0 Å². The molecule has 0 atom stereocenters. The topological polar surface area (TPSA) is 58.9 Å². The van der Waals surface area contributed by atoms with Crippen molar-refractivity contribution < 1.29 is 0 Å². The average Bonchev–Trinajstić information content (AvgIpc) is 2.07. The predicted molar refractivity (Wildman–Crippen MR) is 49.9 cm³/mol. The van der Waals surface area contributed by atoms with Crippen molar-refractivity contribution in [2.75, 3.05) is 6.54 Å². The lowest BCUT2D eigenvalue weighted by Crippen LogP contribution is -2.07. The molecule has 0 aromatic carbocycles. The van der Waals surface area contributed by atoms with E-state index < -0.39 is 0 Å². The number of pyridine rings is 1. The maximum atomic E-state index is 10.9. The second kappa shape index (κ2) is 3.88. The number of nitrogens with one attached hydrogen (secondary N) is 1. The van der Waals surface area contributed by atoms with Crippen LogP contribution in [-0.2, 0) is 0 Å². The highest BCUT2D eigenvalue weighted by Gasteiger charge is 1.91. The van der Waals surface area contributed by atoms with E-state index in [1.807, 2.05) is 18.2 Å². The fourth-order valence-electron chi connectivity index (χ4n) is 0.920. The van der Waals surface area contributed by atoms with Crippen LogP contribution >= 0.6 is 0 Å². The van der Waals surface area contributed by atoms with Gasteiger partial charge in [0.1, 0.15) is 0 Å². The summed E-state index contributed by atoms with van der Waals surface area (Å²) in [6, 6.07) is 1.82. The monoisotopic (exact) mass is 164 g/mol. The third kappa shape index (κ3) is 2.07. The number of H-pyrrole nitrogens is 1. The van der Waals surface area contributed by atoms with Crippen LogP contribution in [0, 0.1) is 6.92 Å². The summed E-state index contributed by atoms with van der Waals surface area (Å²) in [5.41, 5.74) is 6.93. The van der Waals surface area contributed by atoms with Crippen LogP contribution in [0.2, 0.25) is 0 Å². The standard InChI is InChI=1S/C9H12N2O/c1-7-5-8(3-2-4-10)6-11-9(7)12/h2-3,5-6H,4,10H2,1H3,(H,11,12). The highest BCUT2D eigenvalue weighted by Crippen LogP contribution is 1.99. The first kappa shape index (κ1) is 8.74. The molecule has 1 heterocycles. The number of hydrogen-bond acceptors (Lipinski definition) is 2. The molecule has 0 saturated carbocycles. The van der Waals surface area contributed by atoms with Crippen LogP contribution in [0.25, 0.3) is 6.08 Å². The minimum absolute atomic E-state index is 0.0418. The predicted octanol–water partition coefficient (Wildman–Crippen LogP) is 0.655. The molecule has 3 heteroatoms.